The van der Waals surface area contributed by atoms with Gasteiger partial charge in [-0.2, -0.15) is 0 Å². The zero-order valence-corrected chi connectivity index (χ0v) is 24.6. The number of imidazole rings is 1. The van der Waals surface area contributed by atoms with Gasteiger partial charge in [0.2, 0.25) is 0 Å². The molecule has 206 valence electrons. The van der Waals surface area contributed by atoms with Crippen LogP contribution in [0.1, 0.15) is 181 Å². The van der Waals surface area contributed by atoms with E-state index in [2.05, 4.69) is 42.3 Å². The van der Waals surface area contributed by atoms with Crippen LogP contribution in [-0.2, 0) is 19.5 Å². The molecule has 0 aliphatic carbocycles. The molecule has 1 rings (SSSR count). The topological polar surface area (TPSA) is 8.81 Å². The number of unbranched alkanes of at least 4 members (excludes halogenated alkanes) is 21. The smallest absolute Gasteiger partial charge is 0.234 e. The monoisotopic (exact) mass is 490 g/mol. The summed E-state index contributed by atoms with van der Waals surface area (Å²) in [4.78, 5) is 0. The van der Waals surface area contributed by atoms with Crippen LogP contribution in [0.4, 0.5) is 0 Å². The van der Waals surface area contributed by atoms with Gasteiger partial charge in [-0.15, -0.1) is 0 Å². The van der Waals surface area contributed by atoms with E-state index in [0.717, 1.165) is 0 Å². The van der Waals surface area contributed by atoms with Crippen LogP contribution in [0.5, 0.6) is 0 Å². The molecule has 0 amide bonds. The van der Waals surface area contributed by atoms with Crippen LogP contribution in [-0.4, -0.2) is 4.57 Å². The van der Waals surface area contributed by atoms with Crippen molar-refractivity contribution >= 4 is 0 Å². The fraction of sp³-hybridized carbons (Fsp3) is 0.909. The maximum atomic E-state index is 2.60. The van der Waals surface area contributed by atoms with Gasteiger partial charge in [0.05, 0.1) is 13.1 Å². The van der Waals surface area contributed by atoms with Crippen LogP contribution in [0.2, 0.25) is 0 Å². The Hall–Kier alpha value is -0.790. The fourth-order valence-electron chi connectivity index (χ4n) is 5.44. The maximum absolute atomic E-state index is 2.60. The quantitative estimate of drug-likeness (QED) is 0.0858. The van der Waals surface area contributed by atoms with E-state index in [0.29, 0.717) is 0 Å². The van der Waals surface area contributed by atoms with Crippen molar-refractivity contribution in [3.63, 3.8) is 0 Å². The van der Waals surface area contributed by atoms with Crippen LogP contribution in [0.25, 0.3) is 0 Å². The molecule has 0 aliphatic rings. The molecular formula is C33H65N2+. The van der Waals surface area contributed by atoms with Gasteiger partial charge in [0.25, 0.3) is 5.82 Å². The first-order valence-corrected chi connectivity index (χ1v) is 16.4. The summed E-state index contributed by atoms with van der Waals surface area (Å²) in [5.74, 6) is 1.60. The van der Waals surface area contributed by atoms with Crippen molar-refractivity contribution in [3.8, 4) is 0 Å². The molecule has 0 saturated carbocycles. The Balaban J connectivity index is 2.21. The molecule has 0 saturated heterocycles. The van der Waals surface area contributed by atoms with E-state index in [1.54, 1.807) is 5.82 Å². The van der Waals surface area contributed by atoms with E-state index in [9.17, 15) is 0 Å². The van der Waals surface area contributed by atoms with Crippen LogP contribution in [0, 0.1) is 0 Å². The van der Waals surface area contributed by atoms with E-state index in [1.165, 1.54) is 174 Å². The lowest BCUT2D eigenvalue weighted by Crippen LogP contribution is -2.37. The Morgan fingerprint density at radius 1 is 0.486 bits per heavy atom. The molecule has 0 bridgehead atoms. The number of hydrogen-bond donors (Lipinski definition) is 0. The minimum atomic E-state index is 1.21. The van der Waals surface area contributed by atoms with Gasteiger partial charge >= 0.3 is 0 Å². The summed E-state index contributed by atoms with van der Waals surface area (Å²) in [5, 5.41) is 0. The van der Waals surface area contributed by atoms with Gasteiger partial charge in [-0.05, 0) is 32.1 Å². The van der Waals surface area contributed by atoms with Crippen LogP contribution in [0.15, 0.2) is 12.4 Å². The lowest BCUT2D eigenvalue weighted by molar-refractivity contribution is -0.704. The molecule has 0 fully saturated rings. The Bertz CT molecular complexity index is 547. The molecule has 35 heavy (non-hydrogen) atoms. The normalized spacial score (nSPS) is 11.5. The average Bonchev–Trinajstić information content (AvgIpc) is 3.25. The van der Waals surface area contributed by atoms with Gasteiger partial charge in [-0.3, -0.25) is 0 Å². The molecule has 1 aromatic heterocycles. The standard InChI is InChI=1S/C33H65N2/c1-4-7-10-12-14-16-17-18-19-20-21-23-25-28-33-34(29-26-9-6-3)31-32-35(33)30-27-24-22-15-13-11-8-5-2/h31-32H,4-30H2,1-3H3/q+1. The molecule has 0 atom stereocenters. The Morgan fingerprint density at radius 2 is 0.886 bits per heavy atom. The summed E-state index contributed by atoms with van der Waals surface area (Å²) in [6, 6.07) is 0. The molecule has 0 unspecified atom stereocenters. The van der Waals surface area contributed by atoms with Gasteiger partial charge in [0.15, 0.2) is 0 Å². The Morgan fingerprint density at radius 3 is 1.37 bits per heavy atom. The summed E-state index contributed by atoms with van der Waals surface area (Å²) >= 11 is 0. The molecule has 2 nitrogen and oxygen atoms in total. The van der Waals surface area contributed by atoms with Crippen LogP contribution in [0.3, 0.4) is 0 Å². The first kappa shape index (κ1) is 32.2. The first-order valence-electron chi connectivity index (χ1n) is 16.4. The third kappa shape index (κ3) is 18.2. The van der Waals surface area contributed by atoms with E-state index in [1.807, 2.05) is 0 Å². The fourth-order valence-corrected chi connectivity index (χ4v) is 5.44. The number of hydrogen-bond acceptors (Lipinski definition) is 0. The first-order chi connectivity index (χ1) is 17.3. The summed E-state index contributed by atoms with van der Waals surface area (Å²) in [5.41, 5.74) is 0. The molecule has 1 aromatic rings. The van der Waals surface area contributed by atoms with E-state index >= 15 is 0 Å². The van der Waals surface area contributed by atoms with Crippen molar-refractivity contribution in [2.75, 3.05) is 0 Å². The average molecular weight is 490 g/mol. The number of aromatic nitrogens is 2. The molecule has 0 aromatic carbocycles. The van der Waals surface area contributed by atoms with Crippen molar-refractivity contribution < 1.29 is 4.57 Å². The molecule has 0 spiro atoms. The molecule has 0 radical (unpaired) electrons. The van der Waals surface area contributed by atoms with Gasteiger partial charge < -0.3 is 0 Å². The minimum Gasteiger partial charge on any atom is -0.234 e. The molecule has 2 heteroatoms. The summed E-state index contributed by atoms with van der Waals surface area (Å²) in [6.07, 6.45) is 40.0. The number of nitrogens with zero attached hydrogens (tertiary/aromatic N) is 2. The highest BCUT2D eigenvalue weighted by atomic mass is 15.1. The molecule has 1 heterocycles. The molecule has 0 aliphatic heterocycles. The van der Waals surface area contributed by atoms with E-state index in [4.69, 9.17) is 0 Å². The SMILES string of the molecule is CCCCCCCCCCCCCCCc1n(CCCCC)cc[n+]1CCCCCCCCCC. The van der Waals surface area contributed by atoms with Gasteiger partial charge in [-0.1, -0.05) is 143 Å². The van der Waals surface area contributed by atoms with Crippen molar-refractivity contribution in [1.29, 1.82) is 0 Å². The van der Waals surface area contributed by atoms with Crippen molar-refractivity contribution in [3.05, 3.63) is 18.2 Å². The second-order valence-electron chi connectivity index (χ2n) is 11.3. The zero-order valence-electron chi connectivity index (χ0n) is 24.6. The predicted molar refractivity (Wildman–Crippen MR) is 156 cm³/mol. The highest BCUT2D eigenvalue weighted by molar-refractivity contribution is 4.84. The Labute approximate surface area is 221 Å². The van der Waals surface area contributed by atoms with E-state index < -0.39 is 0 Å². The third-order valence-corrected chi connectivity index (χ3v) is 7.85. The number of aryl methyl sites for hydroxylation is 2. The van der Waals surface area contributed by atoms with Crippen LogP contribution >= 0.6 is 0 Å². The van der Waals surface area contributed by atoms with Gasteiger partial charge in [-0.25, -0.2) is 9.13 Å². The third-order valence-electron chi connectivity index (χ3n) is 7.85. The second kappa shape index (κ2) is 24.9. The highest BCUT2D eigenvalue weighted by Gasteiger charge is 2.16. The summed E-state index contributed by atoms with van der Waals surface area (Å²) in [6.45, 7) is 9.37. The number of rotatable bonds is 27. The lowest BCUT2D eigenvalue weighted by Gasteiger charge is -2.07. The lowest BCUT2D eigenvalue weighted by atomic mass is 10.0. The van der Waals surface area contributed by atoms with Crippen LogP contribution < -0.4 is 4.57 Å². The summed E-state index contributed by atoms with van der Waals surface area (Å²) < 4.78 is 5.18. The predicted octanol–water partition coefficient (Wildman–Crippen LogP) is 10.7. The summed E-state index contributed by atoms with van der Waals surface area (Å²) in [7, 11) is 0. The highest BCUT2D eigenvalue weighted by Crippen LogP contribution is 2.14. The second-order valence-corrected chi connectivity index (χ2v) is 11.3. The van der Waals surface area contributed by atoms with E-state index in [-0.39, 0.29) is 0 Å². The largest absolute Gasteiger partial charge is 0.256 e. The van der Waals surface area contributed by atoms with Gasteiger partial charge in [0.1, 0.15) is 12.4 Å². The van der Waals surface area contributed by atoms with Crippen molar-refractivity contribution in [2.45, 2.75) is 194 Å². The molecule has 0 N–H and O–H groups in total. The maximum Gasteiger partial charge on any atom is 0.256 e. The van der Waals surface area contributed by atoms with Gasteiger partial charge in [0, 0.05) is 6.42 Å². The molecular weight excluding hydrogens is 424 g/mol. The zero-order chi connectivity index (χ0) is 25.2. The van der Waals surface area contributed by atoms with Crippen molar-refractivity contribution in [2.24, 2.45) is 0 Å². The minimum absolute atomic E-state index is 1.21. The van der Waals surface area contributed by atoms with Crippen molar-refractivity contribution in [1.82, 2.24) is 4.57 Å². The Kier molecular flexibility index (Phi) is 22.9.